The summed E-state index contributed by atoms with van der Waals surface area (Å²) in [5.41, 5.74) is 1.19. The summed E-state index contributed by atoms with van der Waals surface area (Å²) >= 11 is 11.9. The average molecular weight is 230 g/mol. The first-order valence-corrected chi connectivity index (χ1v) is 5.68. The Morgan fingerprint density at radius 1 is 1.36 bits per heavy atom. The van der Waals surface area contributed by atoms with E-state index in [0.29, 0.717) is 11.1 Å². The molecular weight excluding hydrogens is 217 g/mol. The van der Waals surface area contributed by atoms with Gasteiger partial charge in [0, 0.05) is 16.1 Å². The smallest absolute Gasteiger partial charge is 0.0453 e. The molecule has 0 radical (unpaired) electrons. The van der Waals surface area contributed by atoms with E-state index in [1.807, 2.05) is 18.2 Å². The third kappa shape index (κ3) is 2.41. The molecule has 1 aromatic rings. The molecule has 0 spiro atoms. The SMILES string of the molecule is Clc1ccc(CC2CCCN2)c(Cl)c1. The van der Waals surface area contributed by atoms with Crippen LogP contribution in [0.3, 0.4) is 0 Å². The van der Waals surface area contributed by atoms with Gasteiger partial charge in [-0.05, 0) is 43.5 Å². The van der Waals surface area contributed by atoms with Crippen LogP contribution in [0.2, 0.25) is 10.0 Å². The molecule has 1 unspecified atom stereocenters. The van der Waals surface area contributed by atoms with Crippen molar-refractivity contribution in [1.82, 2.24) is 5.32 Å². The van der Waals surface area contributed by atoms with E-state index in [9.17, 15) is 0 Å². The van der Waals surface area contributed by atoms with Gasteiger partial charge < -0.3 is 5.32 Å². The zero-order valence-corrected chi connectivity index (χ0v) is 9.41. The molecule has 1 aromatic carbocycles. The predicted molar refractivity (Wildman–Crippen MR) is 61.2 cm³/mol. The summed E-state index contributed by atoms with van der Waals surface area (Å²) in [4.78, 5) is 0. The topological polar surface area (TPSA) is 12.0 Å². The molecule has 76 valence electrons. The van der Waals surface area contributed by atoms with Crippen molar-refractivity contribution in [2.45, 2.75) is 25.3 Å². The normalized spacial score (nSPS) is 21.4. The standard InChI is InChI=1S/C11H13Cl2N/c12-9-4-3-8(11(13)7-9)6-10-2-1-5-14-10/h3-4,7,10,14H,1-2,5-6H2. The predicted octanol–water partition coefficient (Wildman–Crippen LogP) is 3.29. The lowest BCUT2D eigenvalue weighted by atomic mass is 10.0. The lowest BCUT2D eigenvalue weighted by Gasteiger charge is -2.11. The highest BCUT2D eigenvalue weighted by atomic mass is 35.5. The van der Waals surface area contributed by atoms with Gasteiger partial charge in [-0.15, -0.1) is 0 Å². The molecular formula is C11H13Cl2N. The zero-order chi connectivity index (χ0) is 9.97. The number of benzene rings is 1. The monoisotopic (exact) mass is 229 g/mol. The van der Waals surface area contributed by atoms with Crippen molar-refractivity contribution in [2.75, 3.05) is 6.54 Å². The van der Waals surface area contributed by atoms with Crippen LogP contribution in [-0.2, 0) is 6.42 Å². The molecule has 1 aliphatic rings. The van der Waals surface area contributed by atoms with Gasteiger partial charge in [-0.2, -0.15) is 0 Å². The van der Waals surface area contributed by atoms with Crippen LogP contribution < -0.4 is 5.32 Å². The fourth-order valence-corrected chi connectivity index (χ4v) is 2.37. The number of hydrogen-bond acceptors (Lipinski definition) is 1. The molecule has 1 heterocycles. The van der Waals surface area contributed by atoms with Crippen molar-refractivity contribution in [3.63, 3.8) is 0 Å². The van der Waals surface area contributed by atoms with Gasteiger partial charge >= 0.3 is 0 Å². The van der Waals surface area contributed by atoms with Gasteiger partial charge in [0.1, 0.15) is 0 Å². The molecule has 1 N–H and O–H groups in total. The molecule has 1 fully saturated rings. The van der Waals surface area contributed by atoms with Crippen LogP contribution in [0, 0.1) is 0 Å². The number of hydrogen-bond donors (Lipinski definition) is 1. The summed E-state index contributed by atoms with van der Waals surface area (Å²) in [6.45, 7) is 1.13. The number of rotatable bonds is 2. The Bertz CT molecular complexity index is 319. The van der Waals surface area contributed by atoms with E-state index in [-0.39, 0.29) is 0 Å². The second-order valence-corrected chi connectivity index (χ2v) is 4.58. The average Bonchev–Trinajstić information content (AvgIpc) is 2.62. The van der Waals surface area contributed by atoms with Gasteiger partial charge in [0.25, 0.3) is 0 Å². The Kier molecular flexibility index (Phi) is 3.32. The molecule has 1 nitrogen and oxygen atoms in total. The minimum Gasteiger partial charge on any atom is -0.314 e. The van der Waals surface area contributed by atoms with Crippen molar-refractivity contribution in [1.29, 1.82) is 0 Å². The van der Waals surface area contributed by atoms with E-state index in [1.165, 1.54) is 18.4 Å². The maximum Gasteiger partial charge on any atom is 0.0453 e. The van der Waals surface area contributed by atoms with E-state index in [2.05, 4.69) is 5.32 Å². The van der Waals surface area contributed by atoms with Crippen LogP contribution in [0.15, 0.2) is 18.2 Å². The Morgan fingerprint density at radius 2 is 2.21 bits per heavy atom. The quantitative estimate of drug-likeness (QED) is 0.821. The maximum atomic E-state index is 6.10. The lowest BCUT2D eigenvalue weighted by molar-refractivity contribution is 0.603. The largest absolute Gasteiger partial charge is 0.314 e. The molecule has 2 rings (SSSR count). The second-order valence-electron chi connectivity index (χ2n) is 3.73. The molecule has 0 aliphatic carbocycles. The first kappa shape index (κ1) is 10.3. The van der Waals surface area contributed by atoms with Crippen LogP contribution in [0.4, 0.5) is 0 Å². The van der Waals surface area contributed by atoms with E-state index < -0.39 is 0 Å². The van der Waals surface area contributed by atoms with E-state index >= 15 is 0 Å². The van der Waals surface area contributed by atoms with Gasteiger partial charge in [0.15, 0.2) is 0 Å². The molecule has 1 aliphatic heterocycles. The van der Waals surface area contributed by atoms with Crippen molar-refractivity contribution in [3.8, 4) is 0 Å². The molecule has 0 amide bonds. The Balaban J connectivity index is 2.08. The highest BCUT2D eigenvalue weighted by Crippen LogP contribution is 2.23. The summed E-state index contributed by atoms with van der Waals surface area (Å²) < 4.78 is 0. The highest BCUT2D eigenvalue weighted by molar-refractivity contribution is 6.35. The fraction of sp³-hybridized carbons (Fsp3) is 0.455. The van der Waals surface area contributed by atoms with Gasteiger partial charge in [0.2, 0.25) is 0 Å². The number of halogens is 2. The number of nitrogens with one attached hydrogen (secondary N) is 1. The molecule has 1 saturated heterocycles. The summed E-state index contributed by atoms with van der Waals surface area (Å²) in [6, 6.07) is 6.32. The Morgan fingerprint density at radius 3 is 2.86 bits per heavy atom. The fourth-order valence-electron chi connectivity index (χ4n) is 1.88. The van der Waals surface area contributed by atoms with Crippen molar-refractivity contribution >= 4 is 23.2 Å². The van der Waals surface area contributed by atoms with E-state index in [1.54, 1.807) is 0 Å². The van der Waals surface area contributed by atoms with Crippen LogP contribution in [0.5, 0.6) is 0 Å². The summed E-state index contributed by atoms with van der Waals surface area (Å²) in [5.74, 6) is 0. The van der Waals surface area contributed by atoms with Gasteiger partial charge in [-0.1, -0.05) is 29.3 Å². The molecule has 0 aromatic heterocycles. The van der Waals surface area contributed by atoms with E-state index in [0.717, 1.165) is 18.0 Å². The Labute approximate surface area is 94.4 Å². The maximum absolute atomic E-state index is 6.10. The molecule has 0 bridgehead atoms. The van der Waals surface area contributed by atoms with Gasteiger partial charge in [-0.3, -0.25) is 0 Å². The van der Waals surface area contributed by atoms with Gasteiger partial charge in [0.05, 0.1) is 0 Å². The molecule has 3 heteroatoms. The first-order valence-electron chi connectivity index (χ1n) is 4.93. The summed E-state index contributed by atoms with van der Waals surface area (Å²) in [5, 5.41) is 4.95. The summed E-state index contributed by atoms with van der Waals surface area (Å²) in [6.07, 6.45) is 3.53. The van der Waals surface area contributed by atoms with Crippen molar-refractivity contribution in [3.05, 3.63) is 33.8 Å². The van der Waals surface area contributed by atoms with Crippen molar-refractivity contribution in [2.24, 2.45) is 0 Å². The third-order valence-corrected chi connectivity index (χ3v) is 3.23. The zero-order valence-electron chi connectivity index (χ0n) is 7.89. The minimum atomic E-state index is 0.591. The highest BCUT2D eigenvalue weighted by Gasteiger charge is 2.15. The van der Waals surface area contributed by atoms with Crippen LogP contribution in [0.1, 0.15) is 18.4 Å². The second kappa shape index (κ2) is 4.52. The molecule has 1 atom stereocenters. The van der Waals surface area contributed by atoms with Crippen LogP contribution in [0.25, 0.3) is 0 Å². The third-order valence-electron chi connectivity index (χ3n) is 2.64. The lowest BCUT2D eigenvalue weighted by Crippen LogP contribution is -2.23. The molecule has 0 saturated carbocycles. The summed E-state index contributed by atoms with van der Waals surface area (Å²) in [7, 11) is 0. The Hall–Kier alpha value is -0.240. The van der Waals surface area contributed by atoms with E-state index in [4.69, 9.17) is 23.2 Å². The van der Waals surface area contributed by atoms with Gasteiger partial charge in [-0.25, -0.2) is 0 Å². The van der Waals surface area contributed by atoms with Crippen LogP contribution in [-0.4, -0.2) is 12.6 Å². The first-order chi connectivity index (χ1) is 6.75. The van der Waals surface area contributed by atoms with Crippen molar-refractivity contribution < 1.29 is 0 Å². The molecule has 14 heavy (non-hydrogen) atoms. The minimum absolute atomic E-state index is 0.591. The van der Waals surface area contributed by atoms with Crippen LogP contribution >= 0.6 is 23.2 Å².